The zero-order chi connectivity index (χ0) is 90.4. The van der Waals surface area contributed by atoms with E-state index in [1.54, 1.807) is 26.0 Å². The molecule has 0 aliphatic carbocycles. The van der Waals surface area contributed by atoms with Crippen molar-refractivity contribution in [1.29, 1.82) is 0 Å². The summed E-state index contributed by atoms with van der Waals surface area (Å²) in [6.07, 6.45) is -15.8. The van der Waals surface area contributed by atoms with Crippen molar-refractivity contribution >= 4 is 86.6 Å². The number of aliphatic hydroxyl groups is 5. The number of carboxylic acids is 1. The highest BCUT2D eigenvalue weighted by Gasteiger charge is 2.56. The number of carboxylic acid groups (broad SMARTS) is 1. The first kappa shape index (κ1) is 93.2. The number of ether oxygens (including phenoxy) is 8. The molecule has 21 N–H and O–H groups in total. The number of halogens is 2. The zero-order valence-corrected chi connectivity index (χ0v) is 70.7. The second-order valence-electron chi connectivity index (χ2n) is 31.7. The molecule has 0 spiro atoms. The Labute approximate surface area is 726 Å². The van der Waals surface area contributed by atoms with Crippen LogP contribution in [-0.2, 0) is 73.9 Å². The van der Waals surface area contributed by atoms with Crippen LogP contribution in [-0.4, -0.2) is 220 Å². The van der Waals surface area contributed by atoms with Gasteiger partial charge in [-0.05, 0) is 160 Å². The molecule has 3 fully saturated rings. The first-order valence-electron chi connectivity index (χ1n) is 40.3. The minimum absolute atomic E-state index is 0.00275. The number of aliphatic carboxylic acids is 1. The van der Waals surface area contributed by atoms with Crippen LogP contribution in [0.25, 0.3) is 11.1 Å². The molecule has 0 radical (unpaired) electrons. The van der Waals surface area contributed by atoms with Gasteiger partial charge >= 0.3 is 12.1 Å². The first-order chi connectivity index (χ1) is 59.4. The van der Waals surface area contributed by atoms with Crippen LogP contribution in [0.3, 0.4) is 0 Å². The summed E-state index contributed by atoms with van der Waals surface area (Å²) in [6.45, 7) is 8.03. The third-order valence-electron chi connectivity index (χ3n) is 22.1. The number of sulfonamides is 1. The van der Waals surface area contributed by atoms with Crippen LogP contribution in [0.15, 0.2) is 102 Å². The number of primary amides is 1. The summed E-state index contributed by atoms with van der Waals surface area (Å²) in [4.78, 5) is 132. The van der Waals surface area contributed by atoms with Crippen LogP contribution in [0.5, 0.6) is 51.7 Å². The molecule has 8 heterocycles. The van der Waals surface area contributed by atoms with E-state index >= 15 is 24.0 Å². The number of fused-ring (bicyclic) bond motifs is 16. The number of phenols is 3. The molecule has 125 heavy (non-hydrogen) atoms. The summed E-state index contributed by atoms with van der Waals surface area (Å²) in [5.74, 6) is -16.1. The Kier molecular flexibility index (Phi) is 29.6. The normalized spacial score (nSPS) is 26.5. The van der Waals surface area contributed by atoms with Crippen molar-refractivity contribution in [3.05, 3.63) is 140 Å². The molecule has 0 unspecified atom stereocenters. The summed E-state index contributed by atoms with van der Waals surface area (Å²) < 4.78 is 79.3. The largest absolute Gasteiger partial charge is 0.507 e. The number of rotatable bonds is 27. The number of unbranched alkanes of at least 4 members (excludes halogenated alkanes) is 3. The van der Waals surface area contributed by atoms with Crippen molar-refractivity contribution in [2.75, 3.05) is 33.4 Å². The molecule has 18 atom stereocenters. The second kappa shape index (κ2) is 39.7. The summed E-state index contributed by atoms with van der Waals surface area (Å²) in [6, 6.07) is 3.98. The molecule has 11 bridgehead atoms. The van der Waals surface area contributed by atoms with E-state index in [1.165, 1.54) is 31.3 Å². The summed E-state index contributed by atoms with van der Waals surface area (Å²) >= 11 is 14.3. The Bertz CT molecular complexity index is 5190. The van der Waals surface area contributed by atoms with Gasteiger partial charge in [0.2, 0.25) is 63.4 Å². The summed E-state index contributed by atoms with van der Waals surface area (Å²) in [5, 5.41) is 130. The molecule has 674 valence electrons. The fraction of sp³-hybridized carbons (Fsp3) is 0.458. The fourth-order valence-corrected chi connectivity index (χ4v) is 17.1. The van der Waals surface area contributed by atoms with Crippen LogP contribution >= 0.6 is 23.2 Å². The lowest BCUT2D eigenvalue weighted by atomic mass is 9.86. The number of aromatic hydroxyl groups is 3. The smallest absolute Gasteiger partial charge is 0.408 e. The van der Waals surface area contributed by atoms with Gasteiger partial charge in [-0.15, -0.1) is 0 Å². The topological polar surface area (TPSA) is 590 Å². The maximum Gasteiger partial charge on any atom is 0.408 e. The van der Waals surface area contributed by atoms with Crippen LogP contribution < -0.4 is 77.3 Å². The zero-order valence-electron chi connectivity index (χ0n) is 68.3. The van der Waals surface area contributed by atoms with Gasteiger partial charge in [0.05, 0.1) is 57.8 Å². The quantitative estimate of drug-likeness (QED) is 0.0329. The van der Waals surface area contributed by atoms with E-state index in [-0.39, 0.29) is 77.0 Å². The van der Waals surface area contributed by atoms with Gasteiger partial charge in [0.1, 0.15) is 95.2 Å². The number of carbonyl (C=O) groups excluding carboxylic acids is 8. The van der Waals surface area contributed by atoms with Crippen LogP contribution in [0.2, 0.25) is 10.0 Å². The predicted octanol–water partition coefficient (Wildman–Crippen LogP) is 3.31. The average molecular weight is 1800 g/mol. The number of nitrogens with one attached hydrogen (secondary N) is 10. The number of benzene rings is 6. The molecule has 14 rings (SSSR count). The van der Waals surface area contributed by atoms with Crippen molar-refractivity contribution in [2.24, 2.45) is 11.7 Å². The maximum absolute atomic E-state index is 16.4. The van der Waals surface area contributed by atoms with Gasteiger partial charge in [-0.3, -0.25) is 33.6 Å². The number of alkyl carbamates (subject to hydrolysis) is 1. The lowest BCUT2D eigenvalue weighted by Crippen LogP contribution is -2.63. The van der Waals surface area contributed by atoms with Gasteiger partial charge < -0.3 is 137 Å². The molecule has 8 aliphatic rings. The van der Waals surface area contributed by atoms with Gasteiger partial charge in [-0.2, -0.15) is 0 Å². The van der Waals surface area contributed by atoms with E-state index in [2.05, 4.69) is 59.5 Å². The van der Waals surface area contributed by atoms with Gasteiger partial charge in [0.25, 0.3) is 0 Å². The number of carbonyl (C=O) groups is 9. The molecule has 0 saturated carbocycles. The second-order valence-corrected chi connectivity index (χ2v) is 34.3. The van der Waals surface area contributed by atoms with Crippen molar-refractivity contribution in [3.8, 4) is 62.9 Å². The highest BCUT2D eigenvalue weighted by molar-refractivity contribution is 7.89. The molecule has 8 amide bonds. The Morgan fingerprint density at radius 1 is 0.712 bits per heavy atom. The summed E-state index contributed by atoms with van der Waals surface area (Å²) in [7, 11) is -2.50. The van der Waals surface area contributed by atoms with Gasteiger partial charge in [0.15, 0.2) is 36.0 Å². The lowest BCUT2D eigenvalue weighted by molar-refractivity contribution is -0.332. The van der Waals surface area contributed by atoms with Crippen molar-refractivity contribution in [2.45, 2.75) is 207 Å². The molecule has 42 heteroatoms. The highest BCUT2D eigenvalue weighted by atomic mass is 35.5. The minimum Gasteiger partial charge on any atom is -0.507 e. The predicted molar refractivity (Wildman–Crippen MR) is 440 cm³/mol. The van der Waals surface area contributed by atoms with Crippen LogP contribution in [0, 0.1) is 5.92 Å². The van der Waals surface area contributed by atoms with E-state index < -0.39 is 265 Å². The summed E-state index contributed by atoms with van der Waals surface area (Å²) in [5.41, 5.74) is 1.13. The molecular weight excluding hydrogens is 1700 g/mol. The Morgan fingerprint density at radius 3 is 1.98 bits per heavy atom. The fourth-order valence-electron chi connectivity index (χ4n) is 15.6. The number of likely N-dealkylation sites (N-methyl/N-ethyl adjacent to an activating group) is 1. The standard InChI is InChI=1S/C83H99Cl2N11O28S/c1-7-8-11-24-117-42-15-17-43(18-16-42)125(115,116)89-23-10-9-22-88-34-46-52(99)31-45-60(68(46)103)44-26-38(12-19-51(44)98)61-76(108)95-65(79(111)93-63(45)80(112)113)67(102)40-14-21-54(48(85)28-40)120-56-30-41-29-55(71(56)123-81-72(70(105)69(104)57(35-97)121-81)122-59-33-83(5)73(37(4)118-59)124-82(114)96-83)119-53-20-13-39(27-47(53)84)66(101)64(94-74(106)49(87-6)25-36(2)3)78(110)90-50(32-58(86)100)75(107)91-62(41)77(109)92-61/h12-21,26-31,36-37,49-50,57,59,61-67,69-70,72-73,81,87-89,97-99,101-105H,7-11,22-25,32-35H2,1-6H3,(H2,86,100)(H,90,110)(H,91,107)(H,92,109)(H,93,111)(H,94,106)(H,95,108)(H,96,114)(H,112,113)/t37-,49+,50-,57+,59-,61+,62+,63-,64+,65-,66+,67+,69+,70-,72+,73+,81-,83-/m0/s1. The van der Waals surface area contributed by atoms with Gasteiger partial charge in [-0.1, -0.05) is 75.0 Å². The number of aliphatic hydroxyl groups excluding tert-OH is 5. The average Bonchev–Trinajstić information content (AvgIpc) is 1.30. The lowest BCUT2D eigenvalue weighted by Gasteiger charge is -2.46. The van der Waals surface area contributed by atoms with Gasteiger partial charge in [0, 0.05) is 36.2 Å². The van der Waals surface area contributed by atoms with E-state index in [0.717, 1.165) is 79.9 Å². The number of amides is 8. The molecule has 8 aliphatic heterocycles. The highest BCUT2D eigenvalue weighted by Crippen LogP contribution is 2.51. The minimum atomic E-state index is -3.97. The van der Waals surface area contributed by atoms with Crippen molar-refractivity contribution in [3.63, 3.8) is 0 Å². The molecular formula is C83H99Cl2N11O28S. The molecule has 3 saturated heterocycles. The number of nitrogens with two attached hydrogens (primary N) is 1. The van der Waals surface area contributed by atoms with Crippen LogP contribution in [0.4, 0.5) is 4.79 Å². The third-order valence-corrected chi connectivity index (χ3v) is 24.2. The van der Waals surface area contributed by atoms with Crippen molar-refractivity contribution < 1.29 is 135 Å². The van der Waals surface area contributed by atoms with E-state index in [1.807, 2.05) is 13.8 Å². The van der Waals surface area contributed by atoms with E-state index in [0.29, 0.717) is 12.4 Å². The Balaban J connectivity index is 0.995. The van der Waals surface area contributed by atoms with Crippen molar-refractivity contribution in [1.82, 2.24) is 52.6 Å². The Hall–Kier alpha value is -11.0. The third kappa shape index (κ3) is 21.1. The maximum atomic E-state index is 16.4. The molecule has 0 aromatic heterocycles. The monoisotopic (exact) mass is 1800 g/mol. The first-order valence-corrected chi connectivity index (χ1v) is 42.6. The van der Waals surface area contributed by atoms with E-state index in [4.69, 9.17) is 66.8 Å². The van der Waals surface area contributed by atoms with Crippen LogP contribution in [0.1, 0.15) is 150 Å². The number of hydrogen-bond acceptors (Lipinski definition) is 29. The molecule has 6 aromatic rings. The number of phenolic OH excluding ortho intramolecular Hbond substituents is 3. The molecule has 39 nitrogen and oxygen atoms in total. The van der Waals surface area contributed by atoms with Gasteiger partial charge in [-0.25, -0.2) is 22.7 Å². The molecule has 6 aromatic carbocycles. The SMILES string of the molecule is CCCCCOc1ccc(S(=O)(=O)NCCCCNCc2c(O)cc3c(c2O)-c2cc(ccc2O)[C@H]2NC(=O)[C@@H]4NC(=O)[C@H](CC(N)=O)NC(=O)[C@H](NC(=O)[C@@H](CC(C)C)NC)[C@H](O)c5ccc(c(Cl)c5)Oc5cc4cc(c5O[C@@H]4O[C@H](CO)[C@@H](O)[C@H](O)[C@H]4O[C@H]4C[C@]5(C)NC(=O)O[C@@H]5[C@H](C)O4)Oc4ccc(cc4Cl)[C@@H](O)[C@H](NC2=O)C(=O)N[C@@H]3C(=O)O)cc1. The number of hydrogen-bond donors (Lipinski definition) is 20. The van der Waals surface area contributed by atoms with E-state index in [9.17, 15) is 73.6 Å². The Morgan fingerprint density at radius 2 is 1.35 bits per heavy atom.